The summed E-state index contributed by atoms with van der Waals surface area (Å²) in [4.78, 5) is 0. The maximum atomic E-state index is 11.5. The van der Waals surface area contributed by atoms with Crippen LogP contribution in [0, 0.1) is 17.2 Å². The van der Waals surface area contributed by atoms with Crippen LogP contribution in [-0.2, 0) is 10.2 Å². The van der Waals surface area contributed by atoms with Gasteiger partial charge < -0.3 is 0 Å². The molecule has 8 heteroatoms. The van der Waals surface area contributed by atoms with Gasteiger partial charge in [0.25, 0.3) is 10.2 Å². The minimum absolute atomic E-state index is 0.0683. The smallest absolute Gasteiger partial charge is 0.261 e. The largest absolute Gasteiger partial charge is 0.300 e. The lowest BCUT2D eigenvalue weighted by Gasteiger charge is -2.09. The molecule has 0 bridgehead atoms. The fourth-order valence-corrected chi connectivity index (χ4v) is 1.94. The lowest BCUT2D eigenvalue weighted by molar-refractivity contribution is 0.564. The Balaban J connectivity index is 2.70. The summed E-state index contributed by atoms with van der Waals surface area (Å²) in [5.74, 6) is 0.271. The molecule has 0 saturated heterocycles. The van der Waals surface area contributed by atoms with Gasteiger partial charge >= 0.3 is 0 Å². The van der Waals surface area contributed by atoms with Crippen molar-refractivity contribution in [1.82, 2.24) is 14.9 Å². The normalized spacial score (nSPS) is 11.4. The average Bonchev–Trinajstić information content (AvgIpc) is 2.61. The fourth-order valence-electron chi connectivity index (χ4n) is 0.896. The Labute approximate surface area is 94.0 Å². The molecule has 0 atom stereocenters. The van der Waals surface area contributed by atoms with Gasteiger partial charge in [0.1, 0.15) is 11.6 Å². The first kappa shape index (κ1) is 12.5. The zero-order chi connectivity index (χ0) is 12.2. The van der Waals surface area contributed by atoms with Gasteiger partial charge in [0.2, 0.25) is 0 Å². The van der Waals surface area contributed by atoms with E-state index in [1.54, 1.807) is 0 Å². The molecule has 88 valence electrons. The number of nitrogens with zero attached hydrogens (tertiary/aromatic N) is 2. The summed E-state index contributed by atoms with van der Waals surface area (Å²) in [5, 5.41) is 14.6. The highest BCUT2D eigenvalue weighted by Gasteiger charge is 2.13. The van der Waals surface area contributed by atoms with Gasteiger partial charge in [-0.25, -0.2) is 0 Å². The van der Waals surface area contributed by atoms with Crippen LogP contribution in [0.4, 0.5) is 5.82 Å². The maximum absolute atomic E-state index is 11.5. The van der Waals surface area contributed by atoms with Crippen LogP contribution in [0.25, 0.3) is 0 Å². The molecule has 1 aromatic rings. The van der Waals surface area contributed by atoms with Gasteiger partial charge in [-0.15, -0.1) is 0 Å². The van der Waals surface area contributed by atoms with E-state index in [4.69, 9.17) is 5.26 Å². The van der Waals surface area contributed by atoms with Crippen molar-refractivity contribution in [2.75, 3.05) is 11.3 Å². The number of rotatable bonds is 5. The number of hydrogen-bond acceptors (Lipinski definition) is 4. The van der Waals surface area contributed by atoms with Crippen molar-refractivity contribution in [2.24, 2.45) is 5.92 Å². The van der Waals surface area contributed by atoms with Crippen LogP contribution in [0.15, 0.2) is 6.20 Å². The topological polar surface area (TPSA) is 111 Å². The lowest BCUT2D eigenvalue weighted by atomic mass is 10.2. The van der Waals surface area contributed by atoms with Gasteiger partial charge in [0.15, 0.2) is 5.82 Å². The van der Waals surface area contributed by atoms with E-state index in [9.17, 15) is 8.42 Å². The number of nitriles is 1. The van der Waals surface area contributed by atoms with Crippen molar-refractivity contribution in [2.45, 2.75) is 13.8 Å². The Morgan fingerprint density at radius 1 is 1.62 bits per heavy atom. The van der Waals surface area contributed by atoms with Crippen LogP contribution in [0.5, 0.6) is 0 Å². The second kappa shape index (κ2) is 4.96. The van der Waals surface area contributed by atoms with E-state index in [1.807, 2.05) is 19.9 Å². The molecule has 0 aliphatic heterocycles. The molecule has 7 nitrogen and oxygen atoms in total. The predicted octanol–water partition coefficient (Wildman–Crippen LogP) is 0.184. The molecular formula is C8H13N5O2S. The van der Waals surface area contributed by atoms with Crippen LogP contribution in [-0.4, -0.2) is 25.2 Å². The van der Waals surface area contributed by atoms with Gasteiger partial charge in [-0.3, -0.25) is 9.82 Å². The van der Waals surface area contributed by atoms with E-state index in [0.717, 1.165) is 0 Å². The summed E-state index contributed by atoms with van der Waals surface area (Å²) in [6, 6.07) is 1.81. The Kier molecular flexibility index (Phi) is 3.87. The van der Waals surface area contributed by atoms with Crippen molar-refractivity contribution in [1.29, 1.82) is 5.26 Å². The summed E-state index contributed by atoms with van der Waals surface area (Å²) in [5.41, 5.74) is 0.148. The number of nitrogens with one attached hydrogen (secondary N) is 3. The third kappa shape index (κ3) is 3.52. The average molecular weight is 243 g/mol. The molecular weight excluding hydrogens is 230 g/mol. The molecule has 0 unspecified atom stereocenters. The number of H-pyrrole nitrogens is 1. The van der Waals surface area contributed by atoms with Crippen molar-refractivity contribution in [3.63, 3.8) is 0 Å². The first-order valence-corrected chi connectivity index (χ1v) is 6.14. The summed E-state index contributed by atoms with van der Waals surface area (Å²) < 4.78 is 27.5. The third-order valence-corrected chi connectivity index (χ3v) is 2.70. The Hall–Kier alpha value is -1.59. The van der Waals surface area contributed by atoms with E-state index < -0.39 is 10.2 Å². The number of aromatic nitrogens is 2. The predicted molar refractivity (Wildman–Crippen MR) is 58.7 cm³/mol. The highest BCUT2D eigenvalue weighted by Crippen LogP contribution is 2.10. The van der Waals surface area contributed by atoms with Gasteiger partial charge in [-0.1, -0.05) is 13.8 Å². The highest BCUT2D eigenvalue weighted by molar-refractivity contribution is 7.90. The van der Waals surface area contributed by atoms with E-state index in [1.165, 1.54) is 6.20 Å². The second-order valence-corrected chi connectivity index (χ2v) is 5.12. The monoisotopic (exact) mass is 243 g/mol. The third-order valence-electron chi connectivity index (χ3n) is 1.68. The van der Waals surface area contributed by atoms with E-state index >= 15 is 0 Å². The molecule has 0 saturated carbocycles. The van der Waals surface area contributed by atoms with Crippen molar-refractivity contribution < 1.29 is 8.42 Å². The van der Waals surface area contributed by atoms with Crippen molar-refractivity contribution >= 4 is 16.0 Å². The molecule has 0 radical (unpaired) electrons. The van der Waals surface area contributed by atoms with Crippen molar-refractivity contribution in [3.05, 3.63) is 11.8 Å². The fraction of sp³-hybridized carbons (Fsp3) is 0.500. The Bertz CT molecular complexity index is 485. The second-order valence-electron chi connectivity index (χ2n) is 3.62. The van der Waals surface area contributed by atoms with Crippen LogP contribution < -0.4 is 9.44 Å². The molecule has 1 aromatic heterocycles. The van der Waals surface area contributed by atoms with Gasteiger partial charge in [0.05, 0.1) is 6.20 Å². The zero-order valence-electron chi connectivity index (χ0n) is 8.98. The minimum Gasteiger partial charge on any atom is -0.261 e. The van der Waals surface area contributed by atoms with Crippen LogP contribution in [0.1, 0.15) is 19.4 Å². The molecule has 0 amide bonds. The quantitative estimate of drug-likeness (QED) is 0.685. The summed E-state index contributed by atoms with van der Waals surface area (Å²) in [7, 11) is -3.65. The number of aromatic amines is 1. The summed E-state index contributed by atoms with van der Waals surface area (Å²) in [6.45, 7) is 4.10. The zero-order valence-corrected chi connectivity index (χ0v) is 9.80. The number of anilines is 1. The standard InChI is InChI=1S/C8H13N5O2S/c1-6(2)4-11-16(14,15)13-8-7(3-9)5-10-12-8/h5-6,11H,4H2,1-2H3,(H2,10,12,13). The van der Waals surface area contributed by atoms with Crippen molar-refractivity contribution in [3.8, 4) is 6.07 Å². The SMILES string of the molecule is CC(C)CNS(=O)(=O)Nc1[nH]ncc1C#N. The Morgan fingerprint density at radius 2 is 2.31 bits per heavy atom. The summed E-state index contributed by atoms with van der Waals surface area (Å²) in [6.07, 6.45) is 1.25. The molecule has 16 heavy (non-hydrogen) atoms. The molecule has 0 fully saturated rings. The molecule has 3 N–H and O–H groups in total. The molecule has 0 aliphatic carbocycles. The Morgan fingerprint density at radius 3 is 2.88 bits per heavy atom. The minimum atomic E-state index is -3.65. The molecule has 1 rings (SSSR count). The molecule has 1 heterocycles. The van der Waals surface area contributed by atoms with Crippen LogP contribution in [0.3, 0.4) is 0 Å². The van der Waals surface area contributed by atoms with E-state index in [2.05, 4.69) is 19.6 Å². The van der Waals surface area contributed by atoms with Gasteiger partial charge in [0, 0.05) is 6.54 Å². The summed E-state index contributed by atoms with van der Waals surface area (Å²) >= 11 is 0. The van der Waals surface area contributed by atoms with E-state index in [-0.39, 0.29) is 17.3 Å². The lowest BCUT2D eigenvalue weighted by Crippen LogP contribution is -2.33. The molecule has 0 aromatic carbocycles. The molecule has 0 spiro atoms. The molecule has 0 aliphatic rings. The first-order valence-electron chi connectivity index (χ1n) is 4.65. The van der Waals surface area contributed by atoms with Gasteiger partial charge in [-0.2, -0.15) is 23.5 Å². The first-order chi connectivity index (χ1) is 7.44. The highest BCUT2D eigenvalue weighted by atomic mass is 32.2. The number of hydrogen-bond donors (Lipinski definition) is 3. The maximum Gasteiger partial charge on any atom is 0.300 e. The van der Waals surface area contributed by atoms with E-state index in [0.29, 0.717) is 6.54 Å². The van der Waals surface area contributed by atoms with Gasteiger partial charge in [-0.05, 0) is 5.92 Å². The van der Waals surface area contributed by atoms with Crippen LogP contribution in [0.2, 0.25) is 0 Å². The van der Waals surface area contributed by atoms with Crippen LogP contribution >= 0.6 is 0 Å².